The molecule has 3 unspecified atom stereocenters. The smallest absolute Gasteiger partial charge is 0.236 e. The first kappa shape index (κ1) is 19.2. The number of carbonyl (C=O) groups excluding carboxylic acids is 1. The molecule has 1 amide bonds. The van der Waals surface area contributed by atoms with E-state index in [0.717, 1.165) is 21.7 Å². The van der Waals surface area contributed by atoms with Crippen molar-refractivity contribution in [2.24, 2.45) is 0 Å². The molecule has 2 aliphatic rings. The van der Waals surface area contributed by atoms with Crippen LogP contribution in [0.25, 0.3) is 0 Å². The first-order chi connectivity index (χ1) is 13.6. The molecule has 0 N–H and O–H groups in total. The quantitative estimate of drug-likeness (QED) is 0.719. The SMILES string of the molecule is CCN(CC)C(=O)C1Sc2cc(F)ccc2C2C1c1ccccc1N2CCF. The lowest BCUT2D eigenvalue weighted by molar-refractivity contribution is -0.130. The molecule has 2 aromatic rings. The molecule has 0 saturated carbocycles. The van der Waals surface area contributed by atoms with Gasteiger partial charge >= 0.3 is 0 Å². The van der Waals surface area contributed by atoms with Crippen molar-refractivity contribution in [2.45, 2.75) is 36.0 Å². The van der Waals surface area contributed by atoms with Crippen LogP contribution in [0.5, 0.6) is 0 Å². The Bertz CT molecular complexity index is 887. The third-order valence-corrected chi connectivity index (χ3v) is 7.16. The van der Waals surface area contributed by atoms with Gasteiger partial charge in [-0.25, -0.2) is 8.78 Å². The average Bonchev–Trinajstić information content (AvgIpc) is 3.03. The number of para-hydroxylation sites is 1. The number of thioether (sulfide) groups is 1. The summed E-state index contributed by atoms with van der Waals surface area (Å²) in [4.78, 5) is 18.1. The molecule has 28 heavy (non-hydrogen) atoms. The van der Waals surface area contributed by atoms with Gasteiger partial charge in [-0.3, -0.25) is 4.79 Å². The van der Waals surface area contributed by atoms with Gasteiger partial charge in [-0.15, -0.1) is 11.8 Å². The van der Waals surface area contributed by atoms with Crippen LogP contribution in [0.15, 0.2) is 47.4 Å². The van der Waals surface area contributed by atoms with E-state index in [4.69, 9.17) is 0 Å². The van der Waals surface area contributed by atoms with E-state index in [1.165, 1.54) is 23.9 Å². The third-order valence-electron chi connectivity index (χ3n) is 5.80. The highest BCUT2D eigenvalue weighted by Gasteiger charge is 2.50. The second-order valence-corrected chi connectivity index (χ2v) is 8.33. The molecule has 0 aliphatic carbocycles. The molecule has 6 heteroatoms. The number of amides is 1. The Morgan fingerprint density at radius 2 is 1.89 bits per heavy atom. The minimum absolute atomic E-state index is 0.0665. The summed E-state index contributed by atoms with van der Waals surface area (Å²) in [6.07, 6.45) is 0. The molecule has 3 atom stereocenters. The molecule has 2 aliphatic heterocycles. The maximum Gasteiger partial charge on any atom is 0.236 e. The molecule has 4 rings (SSSR count). The summed E-state index contributed by atoms with van der Waals surface area (Å²) in [7, 11) is 0. The van der Waals surface area contributed by atoms with Crippen molar-refractivity contribution in [3.05, 3.63) is 59.4 Å². The summed E-state index contributed by atoms with van der Waals surface area (Å²) in [5, 5.41) is -0.357. The molecule has 3 nitrogen and oxygen atoms in total. The molecule has 0 fully saturated rings. The highest BCUT2D eigenvalue weighted by Crippen LogP contribution is 2.58. The van der Waals surface area contributed by atoms with Crippen LogP contribution >= 0.6 is 11.8 Å². The number of rotatable bonds is 5. The fraction of sp³-hybridized carbons (Fsp3) is 0.409. The predicted octanol–water partition coefficient (Wildman–Crippen LogP) is 4.78. The molecular formula is C22H24F2N2OS. The van der Waals surface area contributed by atoms with Crippen LogP contribution in [0.1, 0.15) is 36.9 Å². The summed E-state index contributed by atoms with van der Waals surface area (Å²) in [6, 6.07) is 12.6. The Balaban J connectivity index is 1.88. The Hall–Kier alpha value is -2.08. The van der Waals surface area contributed by atoms with Gasteiger partial charge < -0.3 is 9.80 Å². The topological polar surface area (TPSA) is 23.6 Å². The number of halogens is 2. The summed E-state index contributed by atoms with van der Waals surface area (Å²) < 4.78 is 27.4. The van der Waals surface area contributed by atoms with Crippen LogP contribution in [0.4, 0.5) is 14.5 Å². The van der Waals surface area contributed by atoms with Crippen molar-refractivity contribution in [1.29, 1.82) is 0 Å². The van der Waals surface area contributed by atoms with E-state index in [2.05, 4.69) is 4.90 Å². The van der Waals surface area contributed by atoms with Gasteiger partial charge in [0.25, 0.3) is 0 Å². The van der Waals surface area contributed by atoms with Crippen molar-refractivity contribution >= 4 is 23.4 Å². The Kier molecular flexibility index (Phi) is 5.32. The van der Waals surface area contributed by atoms with E-state index >= 15 is 0 Å². The minimum atomic E-state index is -0.476. The van der Waals surface area contributed by atoms with Crippen molar-refractivity contribution in [1.82, 2.24) is 4.90 Å². The van der Waals surface area contributed by atoms with E-state index in [0.29, 0.717) is 13.1 Å². The van der Waals surface area contributed by atoms with Crippen LogP contribution in [-0.2, 0) is 4.79 Å². The van der Waals surface area contributed by atoms with Crippen LogP contribution < -0.4 is 4.90 Å². The van der Waals surface area contributed by atoms with Crippen LogP contribution in [-0.4, -0.2) is 42.4 Å². The lowest BCUT2D eigenvalue weighted by Gasteiger charge is -2.39. The number of alkyl halides is 1. The van der Waals surface area contributed by atoms with E-state index in [1.54, 1.807) is 6.07 Å². The largest absolute Gasteiger partial charge is 0.361 e. The zero-order chi connectivity index (χ0) is 19.8. The van der Waals surface area contributed by atoms with E-state index in [9.17, 15) is 13.6 Å². The summed E-state index contributed by atoms with van der Waals surface area (Å²) in [6.45, 7) is 4.99. The fourth-order valence-electron chi connectivity index (χ4n) is 4.57. The highest BCUT2D eigenvalue weighted by atomic mass is 32.2. The standard InChI is InChI=1S/C22H24F2N2OS/c1-3-25(4-2)22(27)21-19-15-7-5-6-8-17(15)26(12-11-23)20(19)16-10-9-14(24)13-18(16)28-21/h5-10,13,19-21H,3-4,11-12H2,1-2H3. The Labute approximate surface area is 168 Å². The van der Waals surface area contributed by atoms with Crippen molar-refractivity contribution in [2.75, 3.05) is 31.2 Å². The molecule has 2 heterocycles. The Morgan fingerprint density at radius 1 is 1.14 bits per heavy atom. The van der Waals surface area contributed by atoms with Crippen LogP contribution in [0, 0.1) is 5.82 Å². The molecule has 0 radical (unpaired) electrons. The van der Waals surface area contributed by atoms with Gasteiger partial charge in [0.2, 0.25) is 5.91 Å². The molecule has 0 aromatic heterocycles. The van der Waals surface area contributed by atoms with Gasteiger partial charge in [0.05, 0.1) is 11.3 Å². The number of anilines is 1. The molecule has 0 spiro atoms. The van der Waals surface area contributed by atoms with Crippen molar-refractivity contribution in [3.63, 3.8) is 0 Å². The van der Waals surface area contributed by atoms with Crippen molar-refractivity contribution < 1.29 is 13.6 Å². The number of fused-ring (bicyclic) bond motifs is 5. The first-order valence-corrected chi connectivity index (χ1v) is 10.6. The number of hydrogen-bond donors (Lipinski definition) is 0. The second kappa shape index (κ2) is 7.74. The summed E-state index contributed by atoms with van der Waals surface area (Å²) in [5.41, 5.74) is 3.03. The maximum absolute atomic E-state index is 14.0. The zero-order valence-electron chi connectivity index (χ0n) is 16.1. The fourth-order valence-corrected chi connectivity index (χ4v) is 6.04. The predicted molar refractivity (Wildman–Crippen MR) is 109 cm³/mol. The van der Waals surface area contributed by atoms with Gasteiger partial charge in [0.15, 0.2) is 0 Å². The van der Waals surface area contributed by atoms with Gasteiger partial charge in [-0.1, -0.05) is 24.3 Å². The van der Waals surface area contributed by atoms with E-state index in [-0.39, 0.29) is 35.5 Å². The number of nitrogens with zero attached hydrogens (tertiary/aromatic N) is 2. The van der Waals surface area contributed by atoms with Crippen molar-refractivity contribution in [3.8, 4) is 0 Å². The average molecular weight is 403 g/mol. The maximum atomic E-state index is 14.0. The lowest BCUT2D eigenvalue weighted by atomic mass is 9.86. The zero-order valence-corrected chi connectivity index (χ0v) is 16.9. The summed E-state index contributed by atoms with van der Waals surface area (Å²) in [5.74, 6) is -0.332. The first-order valence-electron chi connectivity index (χ1n) is 9.77. The monoisotopic (exact) mass is 402 g/mol. The number of benzene rings is 2. The van der Waals surface area contributed by atoms with Gasteiger partial charge in [0.1, 0.15) is 12.5 Å². The van der Waals surface area contributed by atoms with E-state index in [1.807, 2.05) is 43.0 Å². The van der Waals surface area contributed by atoms with Gasteiger partial charge in [-0.05, 0) is 43.2 Å². The highest BCUT2D eigenvalue weighted by molar-refractivity contribution is 8.00. The van der Waals surface area contributed by atoms with Crippen LogP contribution in [0.3, 0.4) is 0 Å². The molecule has 2 aromatic carbocycles. The Morgan fingerprint density at radius 3 is 2.61 bits per heavy atom. The van der Waals surface area contributed by atoms with Crippen LogP contribution in [0.2, 0.25) is 0 Å². The lowest BCUT2D eigenvalue weighted by Crippen LogP contribution is -2.44. The molecule has 0 bridgehead atoms. The summed E-state index contributed by atoms with van der Waals surface area (Å²) >= 11 is 1.45. The molecule has 148 valence electrons. The number of carbonyl (C=O) groups is 1. The van der Waals surface area contributed by atoms with E-state index < -0.39 is 6.67 Å². The van der Waals surface area contributed by atoms with Gasteiger partial charge in [0, 0.05) is 36.1 Å². The molecule has 0 saturated heterocycles. The second-order valence-electron chi connectivity index (χ2n) is 7.14. The molecular weight excluding hydrogens is 378 g/mol. The normalized spacial score (nSPS) is 22.4. The number of hydrogen-bond acceptors (Lipinski definition) is 3. The minimum Gasteiger partial charge on any atom is -0.361 e. The van der Waals surface area contributed by atoms with Gasteiger partial charge in [-0.2, -0.15) is 0 Å². The third kappa shape index (κ3) is 2.98.